The van der Waals surface area contributed by atoms with Gasteiger partial charge in [-0.1, -0.05) is 26.0 Å². The lowest BCUT2D eigenvalue weighted by atomic mass is 9.98. The van der Waals surface area contributed by atoms with Gasteiger partial charge >= 0.3 is 0 Å². The zero-order chi connectivity index (χ0) is 15.2. The first kappa shape index (κ1) is 17.2. The van der Waals surface area contributed by atoms with Gasteiger partial charge in [-0.3, -0.25) is 0 Å². The van der Waals surface area contributed by atoms with Gasteiger partial charge in [0.2, 0.25) is 0 Å². The van der Waals surface area contributed by atoms with Gasteiger partial charge in [0, 0.05) is 28.0 Å². The fraction of sp³-hybridized carbons (Fsp3) is 0.647. The molecule has 1 fully saturated rings. The lowest BCUT2D eigenvalue weighted by Gasteiger charge is -2.37. The second-order valence-electron chi connectivity index (χ2n) is 5.59. The van der Waals surface area contributed by atoms with Gasteiger partial charge in [0.05, 0.1) is 0 Å². The van der Waals surface area contributed by atoms with Crippen LogP contribution in [0.5, 0.6) is 0 Å². The minimum atomic E-state index is -0.106. The fourth-order valence-electron chi connectivity index (χ4n) is 2.83. The van der Waals surface area contributed by atoms with Gasteiger partial charge in [-0.15, -0.1) is 0 Å². The maximum absolute atomic E-state index is 13.6. The van der Waals surface area contributed by atoms with Crippen LogP contribution in [0, 0.1) is 12.7 Å². The van der Waals surface area contributed by atoms with Gasteiger partial charge in [0.1, 0.15) is 5.82 Å². The van der Waals surface area contributed by atoms with E-state index in [4.69, 9.17) is 0 Å². The van der Waals surface area contributed by atoms with Gasteiger partial charge in [-0.25, -0.2) is 4.39 Å². The molecule has 0 bridgehead atoms. The Hall–Kier alpha value is -0.190. The van der Waals surface area contributed by atoms with Crippen molar-refractivity contribution < 1.29 is 4.39 Å². The zero-order valence-corrected chi connectivity index (χ0v) is 14.8. The molecule has 0 spiro atoms. The van der Waals surface area contributed by atoms with E-state index in [-0.39, 0.29) is 5.82 Å². The predicted molar refractivity (Wildman–Crippen MR) is 95.0 cm³/mol. The summed E-state index contributed by atoms with van der Waals surface area (Å²) in [6, 6.07) is 5.93. The molecule has 0 saturated carbocycles. The third-order valence-electron chi connectivity index (χ3n) is 3.98. The third kappa shape index (κ3) is 4.40. The Balaban J connectivity index is 2.25. The highest BCUT2D eigenvalue weighted by Crippen LogP contribution is 2.40. The van der Waals surface area contributed by atoms with Crippen LogP contribution in [-0.2, 0) is 0 Å². The van der Waals surface area contributed by atoms with Crippen LogP contribution in [-0.4, -0.2) is 28.6 Å². The molecule has 21 heavy (non-hydrogen) atoms. The minimum Gasteiger partial charge on any atom is -0.309 e. The van der Waals surface area contributed by atoms with Crippen LogP contribution >= 0.6 is 23.5 Å². The summed E-state index contributed by atoms with van der Waals surface area (Å²) in [5.74, 6) is 2.37. The lowest BCUT2D eigenvalue weighted by Crippen LogP contribution is -2.39. The Morgan fingerprint density at radius 3 is 2.71 bits per heavy atom. The molecule has 118 valence electrons. The predicted octanol–water partition coefficient (Wildman–Crippen LogP) is 4.80. The van der Waals surface area contributed by atoms with Crippen molar-refractivity contribution in [3.05, 3.63) is 35.1 Å². The molecule has 1 N–H and O–H groups in total. The van der Waals surface area contributed by atoms with Crippen LogP contribution in [0.4, 0.5) is 4.39 Å². The Kier molecular flexibility index (Phi) is 6.90. The summed E-state index contributed by atoms with van der Waals surface area (Å²) in [4.78, 5) is 0. The first-order chi connectivity index (χ1) is 10.2. The van der Waals surface area contributed by atoms with Crippen LogP contribution in [0.2, 0.25) is 0 Å². The molecule has 3 atom stereocenters. The van der Waals surface area contributed by atoms with Gasteiger partial charge in [0.15, 0.2) is 0 Å². The van der Waals surface area contributed by atoms with E-state index in [1.807, 2.05) is 19.1 Å². The Morgan fingerprint density at radius 2 is 2.05 bits per heavy atom. The van der Waals surface area contributed by atoms with Gasteiger partial charge in [0.25, 0.3) is 0 Å². The van der Waals surface area contributed by atoms with E-state index in [0.717, 1.165) is 18.5 Å². The molecule has 1 aliphatic heterocycles. The SMILES string of the molecule is CCCNC(c1ccc(F)c(C)c1)C1SCCSC1CC. The summed E-state index contributed by atoms with van der Waals surface area (Å²) in [5.41, 5.74) is 1.98. The van der Waals surface area contributed by atoms with Crippen molar-refractivity contribution in [3.63, 3.8) is 0 Å². The van der Waals surface area contributed by atoms with Crippen LogP contribution in [0.15, 0.2) is 18.2 Å². The average molecular weight is 328 g/mol. The van der Waals surface area contributed by atoms with E-state index in [9.17, 15) is 4.39 Å². The second-order valence-corrected chi connectivity index (χ2v) is 8.23. The molecule has 0 radical (unpaired) electrons. The van der Waals surface area contributed by atoms with Gasteiger partial charge < -0.3 is 5.32 Å². The van der Waals surface area contributed by atoms with E-state index in [1.165, 1.54) is 23.5 Å². The van der Waals surface area contributed by atoms with E-state index in [0.29, 0.717) is 16.5 Å². The summed E-state index contributed by atoms with van der Waals surface area (Å²) < 4.78 is 13.6. The molecule has 0 amide bonds. The van der Waals surface area contributed by atoms with Crippen molar-refractivity contribution >= 4 is 23.5 Å². The highest BCUT2D eigenvalue weighted by Gasteiger charge is 2.32. The first-order valence-corrected chi connectivity index (χ1v) is 9.99. The van der Waals surface area contributed by atoms with Crippen molar-refractivity contribution in [2.75, 3.05) is 18.1 Å². The summed E-state index contributed by atoms with van der Waals surface area (Å²) in [7, 11) is 0. The van der Waals surface area contributed by atoms with Crippen molar-refractivity contribution in [2.45, 2.75) is 50.2 Å². The maximum atomic E-state index is 13.6. The number of rotatable bonds is 6. The molecule has 1 nitrogen and oxygen atoms in total. The number of aryl methyl sites for hydroxylation is 1. The molecule has 1 aliphatic rings. The molecule has 2 rings (SSSR count). The van der Waals surface area contributed by atoms with E-state index >= 15 is 0 Å². The van der Waals surface area contributed by atoms with E-state index < -0.39 is 0 Å². The number of hydrogen-bond acceptors (Lipinski definition) is 3. The molecular formula is C17H26FNS2. The number of hydrogen-bond donors (Lipinski definition) is 1. The second kappa shape index (κ2) is 8.44. The van der Waals surface area contributed by atoms with Crippen molar-refractivity contribution in [3.8, 4) is 0 Å². The summed E-state index contributed by atoms with van der Waals surface area (Å²) in [5, 5.41) is 4.97. The topological polar surface area (TPSA) is 12.0 Å². The molecule has 4 heteroatoms. The molecule has 1 aromatic carbocycles. The molecule has 0 aromatic heterocycles. The molecule has 1 heterocycles. The smallest absolute Gasteiger partial charge is 0.126 e. The fourth-order valence-corrected chi connectivity index (χ4v) is 6.08. The Labute approximate surface area is 136 Å². The molecule has 3 unspecified atom stereocenters. The van der Waals surface area contributed by atoms with E-state index in [2.05, 4.69) is 42.7 Å². The normalized spacial score (nSPS) is 24.0. The summed E-state index contributed by atoms with van der Waals surface area (Å²) in [6.45, 7) is 7.35. The Bertz CT molecular complexity index is 452. The van der Waals surface area contributed by atoms with Crippen LogP contribution in [0.3, 0.4) is 0 Å². The summed E-state index contributed by atoms with van der Waals surface area (Å²) in [6.07, 6.45) is 2.32. The highest BCUT2D eigenvalue weighted by atomic mass is 32.2. The largest absolute Gasteiger partial charge is 0.309 e. The van der Waals surface area contributed by atoms with Gasteiger partial charge in [-0.05, 0) is 43.5 Å². The first-order valence-electron chi connectivity index (χ1n) is 7.90. The third-order valence-corrected chi connectivity index (χ3v) is 7.33. The number of thioether (sulfide) groups is 2. The summed E-state index contributed by atoms with van der Waals surface area (Å²) >= 11 is 4.18. The standard InChI is InChI=1S/C17H26FNS2/c1-4-8-19-16(13-6-7-14(18)12(3)11-13)17-15(5-2)20-9-10-21-17/h6-7,11,15-17,19H,4-5,8-10H2,1-3H3. The van der Waals surface area contributed by atoms with Crippen LogP contribution in [0.25, 0.3) is 0 Å². The van der Waals surface area contributed by atoms with Crippen LogP contribution in [0.1, 0.15) is 43.9 Å². The molecule has 1 aromatic rings. The minimum absolute atomic E-state index is 0.106. The molecule has 0 aliphatic carbocycles. The number of nitrogens with one attached hydrogen (secondary N) is 1. The van der Waals surface area contributed by atoms with Crippen molar-refractivity contribution in [1.29, 1.82) is 0 Å². The zero-order valence-electron chi connectivity index (χ0n) is 13.2. The monoisotopic (exact) mass is 327 g/mol. The van der Waals surface area contributed by atoms with Gasteiger partial charge in [-0.2, -0.15) is 23.5 Å². The molecular weight excluding hydrogens is 301 g/mol. The highest BCUT2D eigenvalue weighted by molar-refractivity contribution is 8.07. The van der Waals surface area contributed by atoms with Crippen molar-refractivity contribution in [1.82, 2.24) is 5.32 Å². The van der Waals surface area contributed by atoms with Crippen LogP contribution < -0.4 is 5.32 Å². The quantitative estimate of drug-likeness (QED) is 0.806. The van der Waals surface area contributed by atoms with Crippen molar-refractivity contribution in [2.24, 2.45) is 0 Å². The molecule has 1 saturated heterocycles. The lowest BCUT2D eigenvalue weighted by molar-refractivity contribution is 0.496. The Morgan fingerprint density at radius 1 is 1.29 bits per heavy atom. The average Bonchev–Trinajstić information content (AvgIpc) is 2.51. The maximum Gasteiger partial charge on any atom is 0.126 e. The number of halogens is 1. The number of benzene rings is 1. The van der Waals surface area contributed by atoms with E-state index in [1.54, 1.807) is 6.07 Å².